The summed E-state index contributed by atoms with van der Waals surface area (Å²) in [6.07, 6.45) is 2.20. The van der Waals surface area contributed by atoms with Crippen LogP contribution in [0.3, 0.4) is 0 Å². The van der Waals surface area contributed by atoms with Gasteiger partial charge < -0.3 is 29.9 Å². The van der Waals surface area contributed by atoms with Crippen LogP contribution in [0.5, 0.6) is 5.75 Å². The molecule has 0 spiro atoms. The van der Waals surface area contributed by atoms with Crippen molar-refractivity contribution in [2.24, 2.45) is 17.8 Å². The predicted molar refractivity (Wildman–Crippen MR) is 135 cm³/mol. The van der Waals surface area contributed by atoms with Gasteiger partial charge >= 0.3 is 6.03 Å². The van der Waals surface area contributed by atoms with Crippen LogP contribution in [0.4, 0.5) is 4.79 Å². The van der Waals surface area contributed by atoms with Crippen LogP contribution in [0.2, 0.25) is 0 Å². The van der Waals surface area contributed by atoms with Crippen LogP contribution in [0.25, 0.3) is 11.1 Å². The molecule has 2 fully saturated rings. The third-order valence-electron chi connectivity index (χ3n) is 7.65. The summed E-state index contributed by atoms with van der Waals surface area (Å²) in [4.78, 5) is 41.9. The molecule has 1 saturated carbocycles. The van der Waals surface area contributed by atoms with E-state index < -0.39 is 18.0 Å². The van der Waals surface area contributed by atoms with Gasteiger partial charge in [0.25, 0.3) is 5.56 Å². The van der Waals surface area contributed by atoms with Crippen molar-refractivity contribution in [1.29, 1.82) is 0 Å². The largest absolute Gasteiger partial charge is 0.497 e. The van der Waals surface area contributed by atoms with Gasteiger partial charge in [0, 0.05) is 48.8 Å². The molecule has 9 heteroatoms. The summed E-state index contributed by atoms with van der Waals surface area (Å²) in [5.41, 5.74) is 1.87. The fraction of sp³-hybridized carbons (Fsp3) is 0.519. The Hall–Kier alpha value is -3.33. The van der Waals surface area contributed by atoms with Crippen molar-refractivity contribution in [3.63, 3.8) is 0 Å². The van der Waals surface area contributed by atoms with Crippen LogP contribution < -0.4 is 20.9 Å². The highest BCUT2D eigenvalue weighted by molar-refractivity contribution is 5.89. The van der Waals surface area contributed by atoms with Crippen molar-refractivity contribution < 1.29 is 19.4 Å². The summed E-state index contributed by atoms with van der Waals surface area (Å²) in [7, 11) is 1.59. The minimum Gasteiger partial charge on any atom is -0.497 e. The zero-order valence-electron chi connectivity index (χ0n) is 20.9. The molecule has 3 heterocycles. The molecule has 5 rings (SSSR count). The minimum absolute atomic E-state index is 0.125. The number of hydrogen-bond acceptors (Lipinski definition) is 5. The second kappa shape index (κ2) is 9.61. The average molecular weight is 495 g/mol. The number of fused-ring (bicyclic) bond motifs is 3. The van der Waals surface area contributed by atoms with Gasteiger partial charge in [0.05, 0.1) is 13.2 Å². The standard InChI is InChI=1S/C27H34N4O5/c1-15(2)29-27(35)31-23-20(21(14-32)24(31)25(33)28-12-16-4-5-16)13-30-22(23)11-10-19(26(30)34)17-6-8-18(36-3)9-7-17/h6-11,15-16,20-21,23-24,32H,4-5,12-14H2,1-3H3,(H,28,33)(H,29,35)/t20-,21-,23+,24-/m0/s1. The number of carbonyl (C=O) groups is 2. The molecule has 36 heavy (non-hydrogen) atoms. The van der Waals surface area contributed by atoms with Gasteiger partial charge in [-0.15, -0.1) is 0 Å². The lowest BCUT2D eigenvalue weighted by Crippen LogP contribution is -2.54. The fourth-order valence-electron chi connectivity index (χ4n) is 5.69. The number of nitrogens with one attached hydrogen (secondary N) is 2. The first-order chi connectivity index (χ1) is 17.3. The van der Waals surface area contributed by atoms with Crippen LogP contribution in [0.1, 0.15) is 38.4 Å². The van der Waals surface area contributed by atoms with E-state index in [1.807, 2.05) is 44.2 Å². The maximum atomic E-state index is 13.6. The SMILES string of the molecule is COc1ccc(-c2ccc3n(c2=O)C[C@H]2[C@H](CO)[C@@H](C(=O)NCC4CC4)N(C(=O)NC(C)C)[C@@H]32)cc1. The molecule has 1 aromatic heterocycles. The Kier molecular flexibility index (Phi) is 6.51. The Morgan fingerprint density at radius 1 is 1.14 bits per heavy atom. The minimum atomic E-state index is -0.799. The van der Waals surface area contributed by atoms with E-state index in [4.69, 9.17) is 4.74 Å². The second-order valence-corrected chi connectivity index (χ2v) is 10.4. The average Bonchev–Trinajstić information content (AvgIpc) is 3.53. The normalized spacial score (nSPS) is 24.4. The first-order valence-corrected chi connectivity index (χ1v) is 12.7. The number of rotatable bonds is 7. The van der Waals surface area contributed by atoms with Gasteiger partial charge in [-0.3, -0.25) is 9.59 Å². The maximum absolute atomic E-state index is 13.6. The first kappa shape index (κ1) is 24.4. The lowest BCUT2D eigenvalue weighted by atomic mass is 9.88. The number of aromatic nitrogens is 1. The van der Waals surface area contributed by atoms with Crippen molar-refractivity contribution in [3.05, 3.63) is 52.4 Å². The highest BCUT2D eigenvalue weighted by Gasteiger charge is 2.57. The highest BCUT2D eigenvalue weighted by atomic mass is 16.5. The molecule has 1 aliphatic carbocycles. The highest BCUT2D eigenvalue weighted by Crippen LogP contribution is 2.49. The molecule has 9 nitrogen and oxygen atoms in total. The molecule has 3 N–H and O–H groups in total. The smallest absolute Gasteiger partial charge is 0.318 e. The van der Waals surface area contributed by atoms with Crippen LogP contribution in [0.15, 0.2) is 41.2 Å². The van der Waals surface area contributed by atoms with Crippen LogP contribution >= 0.6 is 0 Å². The Balaban J connectivity index is 1.52. The summed E-state index contributed by atoms with van der Waals surface area (Å²) in [6.45, 7) is 4.41. The number of nitrogens with zero attached hydrogens (tertiary/aromatic N) is 2. The van der Waals surface area contributed by atoms with Crippen LogP contribution in [-0.2, 0) is 11.3 Å². The van der Waals surface area contributed by atoms with Gasteiger partial charge in [0.15, 0.2) is 0 Å². The molecular weight excluding hydrogens is 460 g/mol. The Morgan fingerprint density at radius 3 is 2.47 bits per heavy atom. The van der Waals surface area contributed by atoms with Crippen molar-refractivity contribution in [2.45, 2.75) is 51.4 Å². The molecule has 2 aromatic rings. The second-order valence-electron chi connectivity index (χ2n) is 10.4. The summed E-state index contributed by atoms with van der Waals surface area (Å²) < 4.78 is 6.93. The number of methoxy groups -OCH3 is 1. The molecule has 1 saturated heterocycles. The van der Waals surface area contributed by atoms with Crippen LogP contribution in [0, 0.1) is 17.8 Å². The molecule has 4 atom stereocenters. The summed E-state index contributed by atoms with van der Waals surface area (Å²) in [6, 6.07) is 9.21. The number of aliphatic hydroxyl groups excluding tert-OH is 1. The number of benzene rings is 1. The van der Waals surface area contributed by atoms with Crippen molar-refractivity contribution >= 4 is 11.9 Å². The van der Waals surface area contributed by atoms with Gasteiger partial charge in [0.2, 0.25) is 5.91 Å². The van der Waals surface area contributed by atoms with E-state index in [1.165, 1.54) is 0 Å². The molecule has 0 unspecified atom stereocenters. The van der Waals surface area contributed by atoms with Crippen molar-refractivity contribution in [2.75, 3.05) is 20.3 Å². The molecule has 1 aromatic carbocycles. The van der Waals surface area contributed by atoms with E-state index in [-0.39, 0.29) is 36.1 Å². The fourth-order valence-corrected chi connectivity index (χ4v) is 5.69. The zero-order valence-corrected chi connectivity index (χ0v) is 20.9. The van der Waals surface area contributed by atoms with E-state index in [1.54, 1.807) is 22.6 Å². The number of likely N-dealkylation sites (tertiary alicyclic amines) is 1. The quantitative estimate of drug-likeness (QED) is 0.546. The predicted octanol–water partition coefficient (Wildman–Crippen LogP) is 2.13. The maximum Gasteiger partial charge on any atom is 0.318 e. The zero-order chi connectivity index (χ0) is 25.6. The van der Waals surface area contributed by atoms with Gasteiger partial charge in [-0.1, -0.05) is 12.1 Å². The van der Waals surface area contributed by atoms with E-state index >= 15 is 0 Å². The number of amides is 3. The van der Waals surface area contributed by atoms with E-state index in [0.29, 0.717) is 36.0 Å². The van der Waals surface area contributed by atoms with Crippen LogP contribution in [-0.4, -0.2) is 58.9 Å². The van der Waals surface area contributed by atoms with Crippen molar-refractivity contribution in [3.8, 4) is 16.9 Å². The number of hydrogen-bond donors (Lipinski definition) is 3. The topological polar surface area (TPSA) is 113 Å². The lowest BCUT2D eigenvalue weighted by Gasteiger charge is -2.31. The number of urea groups is 1. The number of carbonyl (C=O) groups excluding carboxylic acids is 2. The lowest BCUT2D eigenvalue weighted by molar-refractivity contribution is -0.126. The third kappa shape index (κ3) is 4.25. The molecule has 0 radical (unpaired) electrons. The Labute approximate surface area is 210 Å². The van der Waals surface area contributed by atoms with Gasteiger partial charge in [-0.2, -0.15) is 0 Å². The summed E-state index contributed by atoms with van der Waals surface area (Å²) in [5, 5.41) is 16.3. The number of ether oxygens (including phenoxy) is 1. The molecule has 3 amide bonds. The van der Waals surface area contributed by atoms with Gasteiger partial charge in [-0.25, -0.2) is 4.79 Å². The molecule has 3 aliphatic rings. The first-order valence-electron chi connectivity index (χ1n) is 12.7. The van der Waals surface area contributed by atoms with E-state index in [0.717, 1.165) is 18.4 Å². The molecular formula is C27H34N4O5. The Bertz CT molecular complexity index is 1200. The van der Waals surface area contributed by atoms with E-state index in [2.05, 4.69) is 10.6 Å². The molecule has 2 aliphatic heterocycles. The van der Waals surface area contributed by atoms with Crippen molar-refractivity contribution in [1.82, 2.24) is 20.1 Å². The summed E-state index contributed by atoms with van der Waals surface area (Å²) in [5.74, 6) is 0.242. The Morgan fingerprint density at radius 2 is 1.86 bits per heavy atom. The number of aliphatic hydroxyl groups is 1. The monoisotopic (exact) mass is 494 g/mol. The molecule has 192 valence electrons. The third-order valence-corrected chi connectivity index (χ3v) is 7.65. The number of pyridine rings is 1. The summed E-state index contributed by atoms with van der Waals surface area (Å²) >= 11 is 0. The van der Waals surface area contributed by atoms with E-state index in [9.17, 15) is 19.5 Å². The molecule has 0 bridgehead atoms. The van der Waals surface area contributed by atoms with Gasteiger partial charge in [0.1, 0.15) is 11.8 Å². The van der Waals surface area contributed by atoms with Gasteiger partial charge in [-0.05, 0) is 62.4 Å².